The molecular weight excluding hydrogens is 146 g/mol. The summed E-state index contributed by atoms with van der Waals surface area (Å²) in [7, 11) is 0. The first kappa shape index (κ1) is 8.05. The molecule has 0 aliphatic heterocycles. The van der Waals surface area contributed by atoms with E-state index < -0.39 is 20.2 Å². The predicted octanol–water partition coefficient (Wildman–Crippen LogP) is 2.15. The zero-order valence-corrected chi connectivity index (χ0v) is 5.70. The third-order valence-corrected chi connectivity index (χ3v) is 0.556. The summed E-state index contributed by atoms with van der Waals surface area (Å²) in [5.74, 6) is 0. The maximum absolute atomic E-state index is 9.75. The molecule has 0 heterocycles. The molecule has 3 heteroatoms. The molecule has 0 N–H and O–H groups in total. The SMILES string of the molecule is [CH]1C=CC=C1.[F][Ti][F]. The average molecular weight is 151 g/mol. The minimum atomic E-state index is -2.50. The second-order valence-electron chi connectivity index (χ2n) is 1.03. The van der Waals surface area contributed by atoms with E-state index >= 15 is 0 Å². The van der Waals surface area contributed by atoms with Gasteiger partial charge in [0, 0.05) is 6.42 Å². The first-order chi connectivity index (χ1) is 3.91. The van der Waals surface area contributed by atoms with Crippen LogP contribution in [-0.2, 0) is 20.2 Å². The number of hydrogen-bond donors (Lipinski definition) is 0. The van der Waals surface area contributed by atoms with Crippen LogP contribution < -0.4 is 0 Å². The fraction of sp³-hybridized carbons (Fsp3) is 0. The van der Waals surface area contributed by atoms with Crippen LogP contribution in [0, 0.1) is 6.42 Å². The number of halogens is 2. The van der Waals surface area contributed by atoms with Gasteiger partial charge in [0.05, 0.1) is 0 Å². The van der Waals surface area contributed by atoms with Gasteiger partial charge in [0.25, 0.3) is 0 Å². The Hall–Kier alpha value is 0.0543. The molecule has 1 radical (unpaired) electrons. The summed E-state index contributed by atoms with van der Waals surface area (Å²) in [6, 6.07) is 0. The molecule has 0 nitrogen and oxygen atoms in total. The third-order valence-electron chi connectivity index (χ3n) is 0.556. The molecule has 0 bridgehead atoms. The molecule has 8 heavy (non-hydrogen) atoms. The van der Waals surface area contributed by atoms with Gasteiger partial charge in [-0.3, -0.25) is 0 Å². The van der Waals surface area contributed by atoms with Crippen LogP contribution in [-0.4, -0.2) is 0 Å². The minimum absolute atomic E-state index is 2.00. The average Bonchev–Trinajstić information content (AvgIpc) is 2.17. The molecule has 0 aromatic rings. The van der Waals surface area contributed by atoms with Crippen LogP contribution in [0.5, 0.6) is 0 Å². The molecule has 0 aromatic carbocycles. The molecule has 0 amide bonds. The van der Waals surface area contributed by atoms with Crippen molar-refractivity contribution in [2.24, 2.45) is 0 Å². The molecule has 0 spiro atoms. The van der Waals surface area contributed by atoms with Crippen molar-refractivity contribution >= 4 is 0 Å². The van der Waals surface area contributed by atoms with E-state index in [9.17, 15) is 6.18 Å². The summed E-state index contributed by atoms with van der Waals surface area (Å²) in [5, 5.41) is 0. The Labute approximate surface area is 57.6 Å². The van der Waals surface area contributed by atoms with Gasteiger partial charge in [-0.2, -0.15) is 0 Å². The van der Waals surface area contributed by atoms with Crippen molar-refractivity contribution in [3.05, 3.63) is 30.7 Å². The van der Waals surface area contributed by atoms with E-state index in [1.165, 1.54) is 0 Å². The van der Waals surface area contributed by atoms with Crippen molar-refractivity contribution in [1.82, 2.24) is 0 Å². The predicted molar refractivity (Wildman–Crippen MR) is 24.8 cm³/mol. The Morgan fingerprint density at radius 2 is 1.25 bits per heavy atom. The van der Waals surface area contributed by atoms with Crippen molar-refractivity contribution in [3.8, 4) is 0 Å². The van der Waals surface area contributed by atoms with Crippen molar-refractivity contribution in [3.63, 3.8) is 0 Å². The van der Waals surface area contributed by atoms with Crippen LogP contribution in [0.4, 0.5) is 6.18 Å². The van der Waals surface area contributed by atoms with Gasteiger partial charge in [0.1, 0.15) is 0 Å². The van der Waals surface area contributed by atoms with Gasteiger partial charge < -0.3 is 0 Å². The molecule has 1 rings (SSSR count). The fourth-order valence-corrected chi connectivity index (χ4v) is 0.321. The Morgan fingerprint density at radius 3 is 1.38 bits per heavy atom. The standard InChI is InChI=1S/C5H5.2FH.Ti/c1-2-4-5-3-1;;;/h1-5H;2*1H;/q;;;+2/p-2. The van der Waals surface area contributed by atoms with Crippen LogP contribution >= 0.6 is 0 Å². The van der Waals surface area contributed by atoms with Crippen molar-refractivity contribution in [2.75, 3.05) is 0 Å². The second-order valence-corrected chi connectivity index (χ2v) is 1.26. The number of hydrogen-bond acceptors (Lipinski definition) is 0. The molecule has 1 aliphatic carbocycles. The van der Waals surface area contributed by atoms with E-state index in [0.29, 0.717) is 0 Å². The molecule has 0 saturated carbocycles. The van der Waals surface area contributed by atoms with E-state index in [2.05, 4.69) is 0 Å². The van der Waals surface area contributed by atoms with Gasteiger partial charge in [-0.05, 0) is 0 Å². The summed E-state index contributed by atoms with van der Waals surface area (Å²) in [6.45, 7) is 0. The third kappa shape index (κ3) is 6.05. The molecule has 0 aromatic heterocycles. The summed E-state index contributed by atoms with van der Waals surface area (Å²) < 4.78 is 19.5. The first-order valence-corrected chi connectivity index (χ1v) is 3.23. The molecular formula is C5H5F2Ti. The Morgan fingerprint density at radius 1 is 0.875 bits per heavy atom. The van der Waals surface area contributed by atoms with Crippen molar-refractivity contribution in [1.29, 1.82) is 0 Å². The maximum atomic E-state index is 9.75. The Kier molecular flexibility index (Phi) is 7.10. The van der Waals surface area contributed by atoms with Crippen molar-refractivity contribution < 1.29 is 26.4 Å². The molecule has 0 saturated heterocycles. The van der Waals surface area contributed by atoms with Crippen molar-refractivity contribution in [2.45, 2.75) is 0 Å². The van der Waals surface area contributed by atoms with E-state index in [1.54, 1.807) is 0 Å². The van der Waals surface area contributed by atoms with E-state index in [1.807, 2.05) is 30.7 Å². The van der Waals surface area contributed by atoms with E-state index in [4.69, 9.17) is 0 Å². The van der Waals surface area contributed by atoms with Gasteiger partial charge in [0.2, 0.25) is 0 Å². The number of rotatable bonds is 0. The zero-order valence-electron chi connectivity index (χ0n) is 4.14. The molecule has 0 unspecified atom stereocenters. The second kappa shape index (κ2) is 7.05. The molecule has 43 valence electrons. The van der Waals surface area contributed by atoms with Gasteiger partial charge in [-0.1, -0.05) is 24.3 Å². The van der Waals surface area contributed by atoms with Crippen LogP contribution in [0.25, 0.3) is 0 Å². The quantitative estimate of drug-likeness (QED) is 0.465. The summed E-state index contributed by atoms with van der Waals surface area (Å²) in [6.07, 6.45) is 10.0. The Balaban J connectivity index is 0.000000145. The van der Waals surface area contributed by atoms with Gasteiger partial charge in [0.15, 0.2) is 0 Å². The van der Waals surface area contributed by atoms with E-state index in [-0.39, 0.29) is 0 Å². The fourth-order valence-electron chi connectivity index (χ4n) is 0.321. The van der Waals surface area contributed by atoms with E-state index in [0.717, 1.165) is 0 Å². The molecule has 0 fully saturated rings. The van der Waals surface area contributed by atoms with Gasteiger partial charge >= 0.3 is 26.4 Å². The van der Waals surface area contributed by atoms with Gasteiger partial charge in [-0.25, -0.2) is 0 Å². The summed E-state index contributed by atoms with van der Waals surface area (Å²) in [5.41, 5.74) is 0. The van der Waals surface area contributed by atoms with Crippen LogP contribution in [0.15, 0.2) is 24.3 Å². The Bertz CT molecular complexity index is 78.4. The monoisotopic (exact) mass is 151 g/mol. The topological polar surface area (TPSA) is 0 Å². The molecule has 1 aliphatic rings. The normalized spacial score (nSPS) is 12.8. The van der Waals surface area contributed by atoms with Crippen LogP contribution in [0.2, 0.25) is 0 Å². The number of allylic oxidation sites excluding steroid dienone is 4. The van der Waals surface area contributed by atoms with Crippen LogP contribution in [0.3, 0.4) is 0 Å². The first-order valence-electron chi connectivity index (χ1n) is 2.04. The zero-order chi connectivity index (χ0) is 6.24. The molecule has 0 atom stereocenters. The summed E-state index contributed by atoms with van der Waals surface area (Å²) in [4.78, 5) is 0. The van der Waals surface area contributed by atoms with Crippen LogP contribution in [0.1, 0.15) is 0 Å². The van der Waals surface area contributed by atoms with Gasteiger partial charge in [-0.15, -0.1) is 0 Å². The summed E-state index contributed by atoms with van der Waals surface area (Å²) >= 11 is -2.50.